The minimum absolute atomic E-state index is 0.133. The van der Waals surface area contributed by atoms with Gasteiger partial charge in [0.25, 0.3) is 0 Å². The molecular formula is C37H40ClN3O5S. The van der Waals surface area contributed by atoms with Gasteiger partial charge in [0.1, 0.15) is 11.8 Å². The van der Waals surface area contributed by atoms with Crippen LogP contribution >= 0.6 is 11.6 Å². The first-order chi connectivity index (χ1) is 22.7. The normalized spacial score (nSPS) is 14.0. The summed E-state index contributed by atoms with van der Waals surface area (Å²) in [6.45, 7) is 1.68. The monoisotopic (exact) mass is 673 g/mol. The summed E-state index contributed by atoms with van der Waals surface area (Å²) in [5, 5.41) is 3.64. The number of rotatable bonds is 14. The van der Waals surface area contributed by atoms with Gasteiger partial charge in [-0.15, -0.1) is 0 Å². The second kappa shape index (κ2) is 16.1. The number of carbonyl (C=O) groups excluding carboxylic acids is 2. The van der Waals surface area contributed by atoms with Crippen LogP contribution in [-0.4, -0.2) is 56.2 Å². The number of amides is 2. The van der Waals surface area contributed by atoms with Crippen molar-refractivity contribution in [2.24, 2.45) is 0 Å². The van der Waals surface area contributed by atoms with E-state index in [4.69, 9.17) is 16.3 Å². The highest BCUT2D eigenvalue weighted by Crippen LogP contribution is 2.27. The Morgan fingerprint density at radius 2 is 1.43 bits per heavy atom. The molecule has 0 saturated carbocycles. The number of methoxy groups -OCH3 is 1. The molecule has 1 heterocycles. The zero-order chi connectivity index (χ0) is 33.2. The van der Waals surface area contributed by atoms with E-state index in [-0.39, 0.29) is 29.7 Å². The largest absolute Gasteiger partial charge is 0.497 e. The summed E-state index contributed by atoms with van der Waals surface area (Å²) in [7, 11) is -1.90. The van der Waals surface area contributed by atoms with E-state index in [9.17, 15) is 18.0 Å². The maximum atomic E-state index is 14.1. The van der Waals surface area contributed by atoms with Crippen molar-refractivity contribution < 1.29 is 22.7 Å². The van der Waals surface area contributed by atoms with Crippen molar-refractivity contribution in [3.8, 4) is 5.75 Å². The van der Waals surface area contributed by atoms with Crippen LogP contribution in [0.25, 0.3) is 0 Å². The molecule has 47 heavy (non-hydrogen) atoms. The molecule has 2 amide bonds. The zero-order valence-corrected chi connectivity index (χ0v) is 28.1. The summed E-state index contributed by atoms with van der Waals surface area (Å²) < 4.78 is 32.7. The molecule has 0 bridgehead atoms. The van der Waals surface area contributed by atoms with Gasteiger partial charge in [0.2, 0.25) is 21.8 Å². The number of hydrogen-bond acceptors (Lipinski definition) is 5. The van der Waals surface area contributed by atoms with Gasteiger partial charge in [-0.05, 0) is 84.3 Å². The Hall–Kier alpha value is -4.18. The predicted octanol–water partition coefficient (Wildman–Crippen LogP) is 6.19. The highest BCUT2D eigenvalue weighted by atomic mass is 35.5. The predicted molar refractivity (Wildman–Crippen MR) is 184 cm³/mol. The molecule has 0 radical (unpaired) electrons. The maximum Gasteiger partial charge on any atom is 0.247 e. The Balaban J connectivity index is 1.34. The van der Waals surface area contributed by atoms with Crippen molar-refractivity contribution in [2.45, 2.75) is 49.6 Å². The van der Waals surface area contributed by atoms with Crippen molar-refractivity contribution in [3.63, 3.8) is 0 Å². The zero-order valence-electron chi connectivity index (χ0n) is 26.5. The lowest BCUT2D eigenvalue weighted by Crippen LogP contribution is -2.44. The molecule has 1 atom stereocenters. The van der Waals surface area contributed by atoms with E-state index in [1.165, 1.54) is 4.31 Å². The number of ether oxygens (including phenoxy) is 1. The van der Waals surface area contributed by atoms with Crippen molar-refractivity contribution in [2.75, 3.05) is 26.7 Å². The average molecular weight is 674 g/mol. The number of aryl methyl sites for hydroxylation is 1. The van der Waals surface area contributed by atoms with Crippen LogP contribution in [0.3, 0.4) is 0 Å². The van der Waals surface area contributed by atoms with Crippen molar-refractivity contribution >= 4 is 33.4 Å². The standard InChI is InChI=1S/C37H40ClN3O5S/c1-46-33-18-11-29(12-19-33)23-24-39-37(43)36(31-7-3-2-4-8-31)41(27-30-9-16-32(38)17-10-30)35(42)22-15-28-13-20-34(21-14-28)47(44,45)40-25-5-6-26-40/h2-4,7-14,16-21,36H,5-6,15,22-27H2,1H3,(H,39,43). The van der Waals surface area contributed by atoms with Crippen LogP contribution in [0, 0.1) is 0 Å². The molecule has 1 aliphatic heterocycles. The first-order valence-corrected chi connectivity index (χ1v) is 17.6. The molecule has 5 rings (SSSR count). The molecule has 0 aliphatic carbocycles. The summed E-state index contributed by atoms with van der Waals surface area (Å²) in [4.78, 5) is 29.9. The average Bonchev–Trinajstić information content (AvgIpc) is 3.65. The second-order valence-corrected chi connectivity index (χ2v) is 14.0. The molecule has 4 aromatic rings. The van der Waals surface area contributed by atoms with E-state index >= 15 is 0 Å². The van der Waals surface area contributed by atoms with Gasteiger partial charge in [0.15, 0.2) is 0 Å². The van der Waals surface area contributed by atoms with Gasteiger partial charge >= 0.3 is 0 Å². The van der Waals surface area contributed by atoms with Gasteiger partial charge in [0, 0.05) is 37.6 Å². The molecule has 0 aromatic heterocycles. The Labute approximate surface area is 282 Å². The first kappa shape index (κ1) is 34.2. The van der Waals surface area contributed by atoms with Crippen LogP contribution in [0.15, 0.2) is 108 Å². The van der Waals surface area contributed by atoms with Gasteiger partial charge in [-0.3, -0.25) is 9.59 Å². The molecule has 1 unspecified atom stereocenters. The third-order valence-electron chi connectivity index (χ3n) is 8.39. The topological polar surface area (TPSA) is 96.0 Å². The van der Waals surface area contributed by atoms with Gasteiger partial charge in [-0.25, -0.2) is 8.42 Å². The Morgan fingerprint density at radius 3 is 2.06 bits per heavy atom. The van der Waals surface area contributed by atoms with Crippen LogP contribution < -0.4 is 10.1 Å². The molecule has 1 fully saturated rings. The van der Waals surface area contributed by atoms with E-state index in [0.29, 0.717) is 43.1 Å². The summed E-state index contributed by atoms with van der Waals surface area (Å²) in [6, 6.07) is 30.1. The molecule has 4 aromatic carbocycles. The van der Waals surface area contributed by atoms with E-state index < -0.39 is 16.1 Å². The first-order valence-electron chi connectivity index (χ1n) is 15.8. The van der Waals surface area contributed by atoms with E-state index in [0.717, 1.165) is 35.3 Å². The van der Waals surface area contributed by atoms with Crippen LogP contribution in [-0.2, 0) is 39.0 Å². The Morgan fingerprint density at radius 1 is 0.830 bits per heavy atom. The van der Waals surface area contributed by atoms with Crippen LogP contribution in [0.2, 0.25) is 5.02 Å². The van der Waals surface area contributed by atoms with Gasteiger partial charge in [-0.2, -0.15) is 4.31 Å². The Bertz CT molecular complexity index is 1730. The fraction of sp³-hybridized carbons (Fsp3) is 0.297. The van der Waals surface area contributed by atoms with E-state index in [1.807, 2.05) is 66.7 Å². The van der Waals surface area contributed by atoms with E-state index in [1.54, 1.807) is 48.4 Å². The fourth-order valence-corrected chi connectivity index (χ4v) is 7.38. The third kappa shape index (κ3) is 9.00. The number of benzene rings is 4. The molecule has 1 saturated heterocycles. The molecule has 1 aliphatic rings. The number of nitrogens with zero attached hydrogens (tertiary/aromatic N) is 2. The molecule has 8 nitrogen and oxygen atoms in total. The lowest BCUT2D eigenvalue weighted by atomic mass is 10.0. The third-order valence-corrected chi connectivity index (χ3v) is 10.6. The smallest absolute Gasteiger partial charge is 0.247 e. The molecule has 0 spiro atoms. The molecule has 246 valence electrons. The summed E-state index contributed by atoms with van der Waals surface area (Å²) in [5.41, 5.74) is 3.43. The minimum Gasteiger partial charge on any atom is -0.497 e. The number of nitrogens with one attached hydrogen (secondary N) is 1. The van der Waals surface area contributed by atoms with Crippen LogP contribution in [0.4, 0.5) is 0 Å². The van der Waals surface area contributed by atoms with Gasteiger partial charge in [0.05, 0.1) is 12.0 Å². The van der Waals surface area contributed by atoms with Crippen molar-refractivity contribution in [3.05, 3.63) is 130 Å². The van der Waals surface area contributed by atoms with Gasteiger partial charge < -0.3 is 15.0 Å². The number of halogens is 1. The van der Waals surface area contributed by atoms with E-state index in [2.05, 4.69) is 5.32 Å². The molecule has 10 heteroatoms. The minimum atomic E-state index is -3.52. The van der Waals surface area contributed by atoms with Crippen molar-refractivity contribution in [1.29, 1.82) is 0 Å². The SMILES string of the molecule is COc1ccc(CCNC(=O)C(c2ccccc2)N(Cc2ccc(Cl)cc2)C(=O)CCc2ccc(S(=O)(=O)N3CCCC3)cc2)cc1. The van der Waals surface area contributed by atoms with Crippen LogP contribution in [0.1, 0.15) is 47.6 Å². The number of hydrogen-bond donors (Lipinski definition) is 1. The van der Waals surface area contributed by atoms with Crippen molar-refractivity contribution in [1.82, 2.24) is 14.5 Å². The lowest BCUT2D eigenvalue weighted by Gasteiger charge is -2.32. The van der Waals surface area contributed by atoms with Gasteiger partial charge in [-0.1, -0.05) is 78.3 Å². The summed E-state index contributed by atoms with van der Waals surface area (Å²) >= 11 is 6.15. The summed E-state index contributed by atoms with van der Waals surface area (Å²) in [5.74, 6) is 0.290. The summed E-state index contributed by atoms with van der Waals surface area (Å²) in [6.07, 6.45) is 2.88. The van der Waals surface area contributed by atoms with Crippen LogP contribution in [0.5, 0.6) is 5.75 Å². The lowest BCUT2D eigenvalue weighted by molar-refractivity contribution is -0.141. The highest BCUT2D eigenvalue weighted by Gasteiger charge is 2.31. The second-order valence-electron chi connectivity index (χ2n) is 11.6. The highest BCUT2D eigenvalue weighted by molar-refractivity contribution is 7.89. The number of carbonyl (C=O) groups is 2. The number of sulfonamides is 1. The fourth-order valence-electron chi connectivity index (χ4n) is 5.74. The molecular weight excluding hydrogens is 634 g/mol. The maximum absolute atomic E-state index is 14.1. The quantitative estimate of drug-likeness (QED) is 0.172. The molecule has 1 N–H and O–H groups in total. The Kier molecular flexibility index (Phi) is 11.7.